The Morgan fingerprint density at radius 3 is 2.68 bits per heavy atom. The molecule has 1 aromatic carbocycles. The molecule has 3 heterocycles. The molecule has 0 atom stereocenters. The van der Waals surface area contributed by atoms with Crippen molar-refractivity contribution >= 4 is 28.3 Å². The molecule has 0 fully saturated rings. The number of H-pyrrole nitrogens is 1. The van der Waals surface area contributed by atoms with E-state index in [0.717, 1.165) is 34.5 Å². The molecule has 0 aliphatic heterocycles. The van der Waals surface area contributed by atoms with Gasteiger partial charge in [0.15, 0.2) is 0 Å². The maximum absolute atomic E-state index is 13.1. The lowest BCUT2D eigenvalue weighted by atomic mass is 10.1. The molecule has 0 aliphatic carbocycles. The van der Waals surface area contributed by atoms with E-state index in [-0.39, 0.29) is 22.4 Å². The number of aryl methyl sites for hydroxylation is 3. The highest BCUT2D eigenvalue weighted by Crippen LogP contribution is 2.20. The molecule has 0 saturated heterocycles. The number of benzene rings is 1. The summed E-state index contributed by atoms with van der Waals surface area (Å²) in [6, 6.07) is 8.55. The minimum absolute atomic E-state index is 0.00368. The Bertz CT molecular complexity index is 1350. The van der Waals surface area contributed by atoms with Crippen LogP contribution in [0.15, 0.2) is 49.7 Å². The maximum Gasteiger partial charge on any atom is 0.335 e. The maximum atomic E-state index is 13.1. The van der Waals surface area contributed by atoms with Gasteiger partial charge in [0.1, 0.15) is 11.1 Å². The van der Waals surface area contributed by atoms with Gasteiger partial charge < -0.3 is 9.73 Å². The van der Waals surface area contributed by atoms with Crippen LogP contribution in [0.3, 0.4) is 0 Å². The van der Waals surface area contributed by atoms with Gasteiger partial charge in [-0.3, -0.25) is 14.6 Å². The van der Waals surface area contributed by atoms with Gasteiger partial charge in [-0.2, -0.15) is 0 Å². The van der Waals surface area contributed by atoms with Crippen LogP contribution in [0, 0.1) is 13.8 Å². The SMILES string of the molecule is Cc1csc(CCCCNC(=O)c2c(C)oc3[nH]c(=O)n(-c4ccccc4)c(=O)c23)n1. The first kappa shape index (κ1) is 20.8. The van der Waals surface area contributed by atoms with Crippen molar-refractivity contribution in [2.45, 2.75) is 33.1 Å². The number of aromatic nitrogens is 3. The van der Waals surface area contributed by atoms with Crippen LogP contribution >= 0.6 is 11.3 Å². The Balaban J connectivity index is 1.54. The Labute approximate surface area is 181 Å². The Kier molecular flexibility index (Phi) is 5.85. The van der Waals surface area contributed by atoms with E-state index in [0.29, 0.717) is 12.2 Å². The molecule has 9 heteroatoms. The van der Waals surface area contributed by atoms with Crippen molar-refractivity contribution in [1.29, 1.82) is 0 Å². The van der Waals surface area contributed by atoms with Crippen molar-refractivity contribution in [2.24, 2.45) is 0 Å². The first-order chi connectivity index (χ1) is 15.0. The zero-order valence-electron chi connectivity index (χ0n) is 17.2. The monoisotopic (exact) mass is 438 g/mol. The fraction of sp³-hybridized carbons (Fsp3) is 0.273. The summed E-state index contributed by atoms with van der Waals surface area (Å²) in [5.74, 6) is -0.116. The Morgan fingerprint density at radius 1 is 1.19 bits per heavy atom. The summed E-state index contributed by atoms with van der Waals surface area (Å²) < 4.78 is 6.53. The number of unbranched alkanes of at least 4 members (excludes halogenated alkanes) is 1. The predicted octanol–water partition coefficient (Wildman–Crippen LogP) is 3.10. The number of furan rings is 1. The second-order valence-corrected chi connectivity index (χ2v) is 8.18. The first-order valence-electron chi connectivity index (χ1n) is 9.98. The van der Waals surface area contributed by atoms with Crippen molar-refractivity contribution in [1.82, 2.24) is 19.9 Å². The number of nitrogens with zero attached hydrogens (tertiary/aromatic N) is 2. The largest absolute Gasteiger partial charge is 0.444 e. The van der Waals surface area contributed by atoms with E-state index in [9.17, 15) is 14.4 Å². The van der Waals surface area contributed by atoms with E-state index in [1.807, 2.05) is 12.3 Å². The standard InChI is InChI=1S/C22H22N4O4S/c1-13-12-31-16(24-13)10-6-7-11-23-19(27)17-14(2)30-20-18(17)21(28)26(22(29)25-20)15-8-4-3-5-9-15/h3-5,8-9,12H,6-7,10-11H2,1-2H3,(H,23,27)(H,25,29). The molecule has 160 valence electrons. The van der Waals surface area contributed by atoms with Crippen molar-refractivity contribution in [3.63, 3.8) is 0 Å². The average Bonchev–Trinajstić information content (AvgIpc) is 3.30. The van der Waals surface area contributed by atoms with Crippen LogP contribution in [0.5, 0.6) is 0 Å². The molecule has 0 aliphatic rings. The zero-order chi connectivity index (χ0) is 22.0. The molecule has 8 nitrogen and oxygen atoms in total. The van der Waals surface area contributed by atoms with Crippen LogP contribution in [0.2, 0.25) is 0 Å². The Morgan fingerprint density at radius 2 is 1.97 bits per heavy atom. The lowest BCUT2D eigenvalue weighted by Gasteiger charge is -2.06. The van der Waals surface area contributed by atoms with Gasteiger partial charge in [-0.15, -0.1) is 11.3 Å². The van der Waals surface area contributed by atoms with Gasteiger partial charge in [-0.1, -0.05) is 18.2 Å². The molecule has 1 amide bonds. The van der Waals surface area contributed by atoms with Crippen LogP contribution in [0.1, 0.15) is 39.7 Å². The molecule has 0 bridgehead atoms. The normalized spacial score (nSPS) is 11.2. The lowest BCUT2D eigenvalue weighted by molar-refractivity contribution is 0.0953. The van der Waals surface area contributed by atoms with Gasteiger partial charge >= 0.3 is 5.69 Å². The fourth-order valence-electron chi connectivity index (χ4n) is 3.49. The topological polar surface area (TPSA) is 110 Å². The van der Waals surface area contributed by atoms with Crippen LogP contribution in [0.4, 0.5) is 0 Å². The third-order valence-corrected chi connectivity index (χ3v) is 5.96. The summed E-state index contributed by atoms with van der Waals surface area (Å²) in [4.78, 5) is 45.4. The molecular weight excluding hydrogens is 416 g/mol. The zero-order valence-corrected chi connectivity index (χ0v) is 18.0. The first-order valence-corrected chi connectivity index (χ1v) is 10.9. The number of nitrogens with one attached hydrogen (secondary N) is 2. The summed E-state index contributed by atoms with van der Waals surface area (Å²) in [7, 11) is 0. The number of fused-ring (bicyclic) bond motifs is 1. The van der Waals surface area contributed by atoms with Gasteiger partial charge in [0.25, 0.3) is 11.5 Å². The molecule has 2 N–H and O–H groups in total. The van der Waals surface area contributed by atoms with Crippen LogP contribution in [-0.2, 0) is 6.42 Å². The average molecular weight is 439 g/mol. The minimum Gasteiger partial charge on any atom is -0.444 e. The van der Waals surface area contributed by atoms with Gasteiger partial charge in [0.05, 0.1) is 16.3 Å². The molecule has 0 saturated carbocycles. The highest BCUT2D eigenvalue weighted by atomic mass is 32.1. The summed E-state index contributed by atoms with van der Waals surface area (Å²) in [6.45, 7) is 4.03. The predicted molar refractivity (Wildman–Crippen MR) is 119 cm³/mol. The molecule has 4 aromatic rings. The summed E-state index contributed by atoms with van der Waals surface area (Å²) in [5.41, 5.74) is 0.376. The number of rotatable bonds is 7. The Hall–Kier alpha value is -3.46. The second-order valence-electron chi connectivity index (χ2n) is 7.24. The highest BCUT2D eigenvalue weighted by molar-refractivity contribution is 7.09. The highest BCUT2D eigenvalue weighted by Gasteiger charge is 2.23. The molecular formula is C22H22N4O4S. The number of hydrogen-bond donors (Lipinski definition) is 2. The van der Waals surface area contributed by atoms with E-state index in [2.05, 4.69) is 15.3 Å². The number of para-hydroxylation sites is 1. The van der Waals surface area contributed by atoms with E-state index in [1.54, 1.807) is 48.6 Å². The van der Waals surface area contributed by atoms with Crippen molar-refractivity contribution in [3.8, 4) is 5.69 Å². The molecule has 3 aromatic heterocycles. The summed E-state index contributed by atoms with van der Waals surface area (Å²) in [5, 5.41) is 6.03. The number of carbonyl (C=O) groups is 1. The number of carbonyl (C=O) groups excluding carboxylic acids is 1. The van der Waals surface area contributed by atoms with Crippen molar-refractivity contribution in [2.75, 3.05) is 6.54 Å². The lowest BCUT2D eigenvalue weighted by Crippen LogP contribution is -2.34. The summed E-state index contributed by atoms with van der Waals surface area (Å²) in [6.07, 6.45) is 2.54. The second kappa shape index (κ2) is 8.73. The minimum atomic E-state index is -0.623. The number of thiazole rings is 1. The van der Waals surface area contributed by atoms with Gasteiger partial charge in [-0.25, -0.2) is 14.3 Å². The van der Waals surface area contributed by atoms with E-state index in [1.165, 1.54) is 0 Å². The van der Waals surface area contributed by atoms with Gasteiger partial charge in [0, 0.05) is 17.6 Å². The number of amides is 1. The van der Waals surface area contributed by atoms with Crippen LogP contribution in [0.25, 0.3) is 16.8 Å². The fourth-order valence-corrected chi connectivity index (χ4v) is 4.31. The van der Waals surface area contributed by atoms with Crippen LogP contribution in [-0.4, -0.2) is 27.0 Å². The molecule has 4 rings (SSSR count). The van der Waals surface area contributed by atoms with E-state index in [4.69, 9.17) is 4.42 Å². The molecule has 0 radical (unpaired) electrons. The number of hydrogen-bond acceptors (Lipinski definition) is 6. The van der Waals surface area contributed by atoms with E-state index < -0.39 is 17.2 Å². The third-order valence-electron chi connectivity index (χ3n) is 4.94. The van der Waals surface area contributed by atoms with E-state index >= 15 is 0 Å². The van der Waals surface area contributed by atoms with Crippen molar-refractivity contribution in [3.05, 3.63) is 78.6 Å². The molecule has 0 spiro atoms. The summed E-state index contributed by atoms with van der Waals surface area (Å²) >= 11 is 1.64. The molecule has 0 unspecified atom stereocenters. The third kappa shape index (κ3) is 4.22. The van der Waals surface area contributed by atoms with Gasteiger partial charge in [-0.05, 0) is 45.2 Å². The quantitative estimate of drug-likeness (QED) is 0.431. The number of aromatic amines is 1. The van der Waals surface area contributed by atoms with Crippen molar-refractivity contribution < 1.29 is 9.21 Å². The van der Waals surface area contributed by atoms with Crippen LogP contribution < -0.4 is 16.6 Å². The smallest absolute Gasteiger partial charge is 0.335 e. The van der Waals surface area contributed by atoms with Gasteiger partial charge in [0.2, 0.25) is 5.71 Å². The molecule has 31 heavy (non-hydrogen) atoms.